The summed E-state index contributed by atoms with van der Waals surface area (Å²) >= 11 is 0. The van der Waals surface area contributed by atoms with Gasteiger partial charge in [0.1, 0.15) is 11.5 Å². The molecule has 0 saturated carbocycles. The number of nitrogens with one attached hydrogen (secondary N) is 1. The van der Waals surface area contributed by atoms with E-state index in [9.17, 15) is 0 Å². The summed E-state index contributed by atoms with van der Waals surface area (Å²) in [6.07, 6.45) is 1.01. The quantitative estimate of drug-likeness (QED) is 0.710. The van der Waals surface area contributed by atoms with Crippen molar-refractivity contribution in [2.75, 3.05) is 34.0 Å². The summed E-state index contributed by atoms with van der Waals surface area (Å²) in [5.41, 5.74) is 1.41. The minimum atomic E-state index is 0.274. The Bertz CT molecular complexity index is 413. The lowest BCUT2D eigenvalue weighted by Gasteiger charge is -2.19. The molecule has 0 aliphatic carbocycles. The molecule has 0 radical (unpaired) electrons. The van der Waals surface area contributed by atoms with Crippen molar-refractivity contribution in [3.8, 4) is 11.5 Å². The molecule has 0 fully saturated rings. The van der Waals surface area contributed by atoms with E-state index in [1.807, 2.05) is 18.2 Å². The molecule has 0 aromatic heterocycles. The second kappa shape index (κ2) is 8.90. The van der Waals surface area contributed by atoms with Gasteiger partial charge in [0.05, 0.1) is 20.3 Å². The van der Waals surface area contributed by atoms with E-state index in [0.29, 0.717) is 13.2 Å². The van der Waals surface area contributed by atoms with Crippen LogP contribution in [0.15, 0.2) is 18.2 Å². The van der Waals surface area contributed by atoms with Crippen molar-refractivity contribution in [2.24, 2.45) is 5.41 Å². The molecule has 4 nitrogen and oxygen atoms in total. The summed E-state index contributed by atoms with van der Waals surface area (Å²) in [6.45, 7) is 9.65. The van der Waals surface area contributed by atoms with E-state index < -0.39 is 0 Å². The third-order valence-electron chi connectivity index (χ3n) is 3.18. The number of methoxy groups -OCH3 is 2. The highest BCUT2D eigenvalue weighted by molar-refractivity contribution is 5.40. The number of ether oxygens (including phenoxy) is 3. The molecule has 0 bridgehead atoms. The molecule has 0 spiro atoms. The highest BCUT2D eigenvalue weighted by Gasteiger charge is 2.11. The van der Waals surface area contributed by atoms with Gasteiger partial charge in [-0.15, -0.1) is 0 Å². The Morgan fingerprint density at radius 1 is 1.10 bits per heavy atom. The predicted octanol–water partition coefficient (Wildman–Crippen LogP) is 3.25. The molecule has 21 heavy (non-hydrogen) atoms. The monoisotopic (exact) mass is 295 g/mol. The van der Waals surface area contributed by atoms with Crippen LogP contribution in [0.5, 0.6) is 11.5 Å². The standard InChI is InChI=1S/C17H29NO3/c1-17(2,3)8-10-21-16-12-15(20-5)7-6-14(16)13-18-9-11-19-4/h6-7,12,18H,8-11,13H2,1-5H3. The molecular formula is C17H29NO3. The van der Waals surface area contributed by atoms with E-state index in [-0.39, 0.29) is 5.41 Å². The Morgan fingerprint density at radius 2 is 1.86 bits per heavy atom. The van der Waals surface area contributed by atoms with Crippen molar-refractivity contribution < 1.29 is 14.2 Å². The van der Waals surface area contributed by atoms with Gasteiger partial charge in [0.25, 0.3) is 0 Å². The van der Waals surface area contributed by atoms with E-state index in [2.05, 4.69) is 26.1 Å². The van der Waals surface area contributed by atoms with Gasteiger partial charge >= 0.3 is 0 Å². The smallest absolute Gasteiger partial charge is 0.127 e. The molecule has 1 aromatic rings. The van der Waals surface area contributed by atoms with Crippen LogP contribution >= 0.6 is 0 Å². The average molecular weight is 295 g/mol. The van der Waals surface area contributed by atoms with Gasteiger partial charge in [0, 0.05) is 31.8 Å². The van der Waals surface area contributed by atoms with Gasteiger partial charge in [-0.3, -0.25) is 0 Å². The minimum Gasteiger partial charge on any atom is -0.497 e. The van der Waals surface area contributed by atoms with E-state index in [1.54, 1.807) is 14.2 Å². The molecule has 1 N–H and O–H groups in total. The van der Waals surface area contributed by atoms with Crippen molar-refractivity contribution in [2.45, 2.75) is 33.7 Å². The van der Waals surface area contributed by atoms with Gasteiger partial charge < -0.3 is 19.5 Å². The van der Waals surface area contributed by atoms with Crippen molar-refractivity contribution >= 4 is 0 Å². The van der Waals surface area contributed by atoms with Crippen molar-refractivity contribution in [3.05, 3.63) is 23.8 Å². The fourth-order valence-electron chi connectivity index (χ4n) is 1.81. The van der Waals surface area contributed by atoms with Gasteiger partial charge in [0.15, 0.2) is 0 Å². The summed E-state index contributed by atoms with van der Waals surface area (Å²) in [4.78, 5) is 0. The van der Waals surface area contributed by atoms with Crippen molar-refractivity contribution in [1.29, 1.82) is 0 Å². The lowest BCUT2D eigenvalue weighted by molar-refractivity contribution is 0.198. The third-order valence-corrected chi connectivity index (χ3v) is 3.18. The Labute approximate surface area is 128 Å². The molecule has 0 atom stereocenters. The summed E-state index contributed by atoms with van der Waals surface area (Å²) in [5, 5.41) is 3.34. The van der Waals surface area contributed by atoms with E-state index in [0.717, 1.165) is 36.6 Å². The maximum Gasteiger partial charge on any atom is 0.127 e. The van der Waals surface area contributed by atoms with Gasteiger partial charge in [-0.1, -0.05) is 26.8 Å². The molecule has 1 rings (SSSR count). The molecular weight excluding hydrogens is 266 g/mol. The highest BCUT2D eigenvalue weighted by Crippen LogP contribution is 2.26. The van der Waals surface area contributed by atoms with Crippen LogP contribution in [-0.2, 0) is 11.3 Å². The first-order chi connectivity index (χ1) is 9.96. The van der Waals surface area contributed by atoms with Gasteiger partial charge in [-0.2, -0.15) is 0 Å². The first kappa shape index (κ1) is 17.8. The van der Waals surface area contributed by atoms with Gasteiger partial charge in [0.2, 0.25) is 0 Å². The summed E-state index contributed by atoms with van der Waals surface area (Å²) in [7, 11) is 3.38. The first-order valence-electron chi connectivity index (χ1n) is 7.45. The maximum absolute atomic E-state index is 5.96. The van der Waals surface area contributed by atoms with E-state index in [4.69, 9.17) is 14.2 Å². The van der Waals surface area contributed by atoms with Crippen LogP contribution in [0.25, 0.3) is 0 Å². The molecule has 0 unspecified atom stereocenters. The topological polar surface area (TPSA) is 39.7 Å². The zero-order valence-electron chi connectivity index (χ0n) is 14.0. The first-order valence-corrected chi connectivity index (χ1v) is 7.45. The largest absolute Gasteiger partial charge is 0.497 e. The number of benzene rings is 1. The van der Waals surface area contributed by atoms with Crippen LogP contribution in [0.1, 0.15) is 32.8 Å². The molecule has 0 aliphatic rings. The van der Waals surface area contributed by atoms with Crippen molar-refractivity contribution in [3.63, 3.8) is 0 Å². The van der Waals surface area contributed by atoms with Gasteiger partial charge in [-0.05, 0) is 17.9 Å². The van der Waals surface area contributed by atoms with Crippen LogP contribution in [0.4, 0.5) is 0 Å². The molecule has 0 amide bonds. The molecule has 0 aliphatic heterocycles. The molecule has 0 saturated heterocycles. The van der Waals surface area contributed by atoms with Crippen molar-refractivity contribution in [1.82, 2.24) is 5.32 Å². The minimum absolute atomic E-state index is 0.274. The molecule has 0 heterocycles. The Kier molecular flexibility index (Phi) is 7.54. The number of hydrogen-bond acceptors (Lipinski definition) is 4. The molecule has 120 valence electrons. The van der Waals surface area contributed by atoms with Crippen LogP contribution < -0.4 is 14.8 Å². The lowest BCUT2D eigenvalue weighted by atomic mass is 9.93. The summed E-state index contributed by atoms with van der Waals surface area (Å²) in [5.74, 6) is 1.71. The average Bonchev–Trinajstić information content (AvgIpc) is 2.43. The number of hydrogen-bond donors (Lipinski definition) is 1. The normalized spacial score (nSPS) is 11.5. The summed E-state index contributed by atoms with van der Waals surface area (Å²) < 4.78 is 16.3. The zero-order valence-corrected chi connectivity index (χ0v) is 14.0. The second-order valence-electron chi connectivity index (χ2n) is 6.30. The van der Waals surface area contributed by atoms with Gasteiger partial charge in [-0.25, -0.2) is 0 Å². The SMILES string of the molecule is COCCNCc1ccc(OC)cc1OCCC(C)(C)C. The Balaban J connectivity index is 2.63. The lowest BCUT2D eigenvalue weighted by Crippen LogP contribution is -2.19. The zero-order chi connectivity index (χ0) is 15.7. The van der Waals surface area contributed by atoms with Crippen LogP contribution in [0.3, 0.4) is 0 Å². The Hall–Kier alpha value is -1.26. The fourth-order valence-corrected chi connectivity index (χ4v) is 1.81. The summed E-state index contributed by atoms with van der Waals surface area (Å²) in [6, 6.07) is 5.96. The highest BCUT2D eigenvalue weighted by atomic mass is 16.5. The molecule has 1 aromatic carbocycles. The third kappa shape index (κ3) is 7.34. The molecule has 4 heteroatoms. The number of rotatable bonds is 9. The van der Waals surface area contributed by atoms with Crippen LogP contribution in [0, 0.1) is 5.41 Å². The second-order valence-corrected chi connectivity index (χ2v) is 6.30. The Morgan fingerprint density at radius 3 is 2.48 bits per heavy atom. The fraction of sp³-hybridized carbons (Fsp3) is 0.647. The maximum atomic E-state index is 5.96. The predicted molar refractivity (Wildman–Crippen MR) is 86.1 cm³/mol. The van der Waals surface area contributed by atoms with E-state index >= 15 is 0 Å². The van der Waals surface area contributed by atoms with E-state index in [1.165, 1.54) is 0 Å². The van der Waals surface area contributed by atoms with Crippen LogP contribution in [-0.4, -0.2) is 34.0 Å². The van der Waals surface area contributed by atoms with Crippen LogP contribution in [0.2, 0.25) is 0 Å².